The summed E-state index contributed by atoms with van der Waals surface area (Å²) in [6.45, 7) is 19.3. The first-order chi connectivity index (χ1) is 49.9. The van der Waals surface area contributed by atoms with Gasteiger partial charge in [0.05, 0.1) is 29.8 Å². The van der Waals surface area contributed by atoms with Crippen LogP contribution in [-0.2, 0) is 86.2 Å². The smallest absolute Gasteiger partial charge is 0.329 e. The molecule has 1 heterocycles. The molecule has 1 aliphatic rings. The van der Waals surface area contributed by atoms with Gasteiger partial charge in [-0.3, -0.25) is 71.9 Å². The van der Waals surface area contributed by atoms with E-state index in [4.69, 9.17) is 43.9 Å². The predicted molar refractivity (Wildman–Crippen MR) is 386 cm³/mol. The van der Waals surface area contributed by atoms with Crippen molar-refractivity contribution in [2.45, 2.75) is 257 Å². The van der Waals surface area contributed by atoms with Crippen molar-refractivity contribution in [3.8, 4) is 0 Å². The number of nitrogens with zero attached hydrogens (tertiary/aromatic N) is 2. The Labute approximate surface area is 628 Å². The number of hydrogen-bond acceptors (Lipinski definition) is 25. The van der Waals surface area contributed by atoms with Gasteiger partial charge in [-0.25, -0.2) is 4.79 Å². The largest absolute Gasteiger partial charge is 0.458 e. The second kappa shape index (κ2) is 44.6. The Hall–Kier alpha value is -8.80. The third-order valence-corrected chi connectivity index (χ3v) is 19.0. The molecule has 26 N–H and O–H groups in total. The Balaban J connectivity index is 4.47. The average Bonchev–Trinajstić information content (AvgIpc) is 0.870. The van der Waals surface area contributed by atoms with Crippen LogP contribution in [0.15, 0.2) is 0 Å². The number of rotatable bonds is 35. The molecule has 1 rings (SSSR count). The van der Waals surface area contributed by atoms with Crippen molar-refractivity contribution in [3.05, 3.63) is 0 Å². The van der Waals surface area contributed by atoms with Crippen LogP contribution in [0, 0.1) is 41.4 Å². The highest BCUT2D eigenvalue weighted by Crippen LogP contribution is 2.25. The summed E-state index contributed by atoms with van der Waals surface area (Å²) in [7, 11) is 2.89. The highest BCUT2D eigenvalue weighted by atomic mass is 16.5. The third kappa shape index (κ3) is 29.0. The van der Waals surface area contributed by atoms with Crippen LogP contribution in [0.5, 0.6) is 0 Å². The molecule has 40 heteroatoms. The maximum Gasteiger partial charge on any atom is 0.329 e. The topological polar surface area (TPSA) is 664 Å². The molecule has 0 aromatic heterocycles. The van der Waals surface area contributed by atoms with Crippen LogP contribution in [-0.4, -0.2) is 273 Å². The van der Waals surface area contributed by atoms with Gasteiger partial charge in [-0.05, 0) is 102 Å². The lowest BCUT2D eigenvalue weighted by molar-refractivity contribution is -0.163. The van der Waals surface area contributed by atoms with Crippen LogP contribution in [0.1, 0.15) is 148 Å². The van der Waals surface area contributed by atoms with Gasteiger partial charge in [-0.2, -0.15) is 0 Å². The molecule has 15 amide bonds. The summed E-state index contributed by atoms with van der Waals surface area (Å²) < 4.78 is 11.0. The van der Waals surface area contributed by atoms with E-state index >= 15 is 9.59 Å². The van der Waals surface area contributed by atoms with Gasteiger partial charge >= 0.3 is 5.97 Å². The number of aliphatic hydroxyl groups excluding tert-OH is 4. The molecule has 22 atom stereocenters. The molecule has 1 aliphatic heterocycles. The number of aliphatic hydroxyl groups is 5. The van der Waals surface area contributed by atoms with Crippen LogP contribution in [0.3, 0.4) is 0 Å². The summed E-state index contributed by atoms with van der Waals surface area (Å²) in [5.41, 5.74) is 32.0. The predicted octanol–water partition coefficient (Wildman–Crippen LogP) is -8.31. The number of methoxy groups -OCH3 is 1. The normalized spacial score (nSPS) is 24.6. The maximum atomic E-state index is 15.1. The van der Waals surface area contributed by atoms with E-state index in [0.29, 0.717) is 11.3 Å². The molecular formula is C68H121N17O23. The van der Waals surface area contributed by atoms with Gasteiger partial charge in [0.1, 0.15) is 66.6 Å². The second-order valence-corrected chi connectivity index (χ2v) is 29.4. The minimum absolute atomic E-state index is 0.0153. The van der Waals surface area contributed by atoms with Crippen molar-refractivity contribution >= 4 is 94.6 Å². The highest BCUT2D eigenvalue weighted by molar-refractivity contribution is 6.09. The SMILES string of the molecule is CCC(C)CC(C)[C@@H](O)[C@@H](C)C(=O)N[C@H](CN)C(=O)N[C@@H]([C@H](O)C(O)C(=O)N[C@H](C(=O)N[C@H]1C(=O)N[C@H]([C@@H](C)O)C(=O)N[C@H](CCCN)C(=O)N[C@@H](CC(C)C)C(=O)N(C)[C@@H](CCC(N)=O)C(=O)NC(C(OC)C(N)=O)C(=O)N[C@H](C(N)=O)C(=O)N(C)[C@@H](CC(C)C)C(=O)O[C@@H]1C)[C@@H](C)[C@@H](C)C(N)=O)C(C)(C)O. The zero-order chi connectivity index (χ0) is 83.6. The average molecular weight is 1540 g/mol. The molecule has 0 bridgehead atoms. The van der Waals surface area contributed by atoms with Gasteiger partial charge in [0.25, 0.3) is 11.8 Å². The summed E-state index contributed by atoms with van der Waals surface area (Å²) in [4.78, 5) is 227. The molecule has 0 saturated carbocycles. The molecule has 0 aromatic rings. The molecule has 1 fully saturated rings. The highest BCUT2D eigenvalue weighted by Gasteiger charge is 2.48. The Morgan fingerprint density at radius 2 is 1.17 bits per heavy atom. The van der Waals surface area contributed by atoms with Crippen molar-refractivity contribution in [1.82, 2.24) is 57.7 Å². The van der Waals surface area contributed by atoms with E-state index < -0.39 is 259 Å². The van der Waals surface area contributed by atoms with E-state index in [0.717, 1.165) is 60.2 Å². The molecule has 0 aliphatic carbocycles. The van der Waals surface area contributed by atoms with E-state index in [9.17, 15) is 92.7 Å². The number of nitrogens with one attached hydrogen (secondary N) is 9. The Bertz CT molecular complexity index is 3140. The number of primary amides is 4. The molecule has 0 radical (unpaired) electrons. The van der Waals surface area contributed by atoms with Gasteiger partial charge in [0.2, 0.25) is 76.8 Å². The molecule has 108 heavy (non-hydrogen) atoms. The number of ether oxygens (including phenoxy) is 2. The Morgan fingerprint density at radius 3 is 1.65 bits per heavy atom. The first-order valence-corrected chi connectivity index (χ1v) is 35.9. The molecule has 0 aromatic carbocycles. The van der Waals surface area contributed by atoms with Gasteiger partial charge < -0.3 is 127 Å². The number of carbonyl (C=O) groups is 16. The number of carbonyl (C=O) groups excluding carboxylic acids is 16. The summed E-state index contributed by atoms with van der Waals surface area (Å²) in [5.74, 6) is -26.3. The number of cyclic esters (lactones) is 1. The molecular weight excluding hydrogens is 1420 g/mol. The van der Waals surface area contributed by atoms with Crippen LogP contribution in [0.25, 0.3) is 0 Å². The van der Waals surface area contributed by atoms with E-state index in [-0.39, 0.29) is 37.6 Å². The molecule has 1 saturated heterocycles. The number of hydrogen-bond donors (Lipinski definition) is 20. The minimum atomic E-state index is -2.75. The second-order valence-electron chi connectivity index (χ2n) is 29.4. The van der Waals surface area contributed by atoms with Crippen LogP contribution >= 0.6 is 0 Å². The van der Waals surface area contributed by atoms with Gasteiger partial charge in [0.15, 0.2) is 18.2 Å². The Morgan fingerprint density at radius 1 is 0.620 bits per heavy atom. The molecule has 40 nitrogen and oxygen atoms in total. The zero-order valence-corrected chi connectivity index (χ0v) is 64.9. The molecule has 0 spiro atoms. The number of likely N-dealkylation sites (N-methyl/N-ethyl adjacent to an activating group) is 2. The van der Waals surface area contributed by atoms with E-state index in [1.54, 1.807) is 34.6 Å². The molecule has 616 valence electrons. The van der Waals surface area contributed by atoms with Crippen LogP contribution in [0.2, 0.25) is 0 Å². The maximum absolute atomic E-state index is 15.1. The van der Waals surface area contributed by atoms with Gasteiger partial charge in [-0.1, -0.05) is 75.7 Å². The summed E-state index contributed by atoms with van der Waals surface area (Å²) in [5, 5.41) is 77.7. The quantitative estimate of drug-likeness (QED) is 0.0207. The number of nitrogens with two attached hydrogens (primary N) is 6. The minimum Gasteiger partial charge on any atom is -0.458 e. The van der Waals surface area contributed by atoms with Crippen molar-refractivity contribution in [2.75, 3.05) is 34.3 Å². The zero-order valence-electron chi connectivity index (χ0n) is 64.9. The van der Waals surface area contributed by atoms with E-state index in [1.807, 2.05) is 19.2 Å². The van der Waals surface area contributed by atoms with Crippen molar-refractivity contribution < 1.29 is 112 Å². The fraction of sp³-hybridized carbons (Fsp3) is 0.765. The lowest BCUT2D eigenvalue weighted by atomic mass is 9.85. The fourth-order valence-electron chi connectivity index (χ4n) is 11.9. The van der Waals surface area contributed by atoms with E-state index in [1.165, 1.54) is 20.8 Å². The summed E-state index contributed by atoms with van der Waals surface area (Å²) in [6.07, 6.45) is -13.4. The number of amides is 15. The lowest BCUT2D eigenvalue weighted by Gasteiger charge is -2.37. The van der Waals surface area contributed by atoms with Crippen LogP contribution in [0.4, 0.5) is 0 Å². The van der Waals surface area contributed by atoms with Crippen molar-refractivity contribution in [1.29, 1.82) is 0 Å². The third-order valence-electron chi connectivity index (χ3n) is 19.0. The van der Waals surface area contributed by atoms with Gasteiger partial charge in [0, 0.05) is 40.1 Å². The van der Waals surface area contributed by atoms with Gasteiger partial charge in [-0.15, -0.1) is 0 Å². The lowest BCUT2D eigenvalue weighted by Crippen LogP contribution is -2.66. The first-order valence-electron chi connectivity index (χ1n) is 35.9. The van der Waals surface area contributed by atoms with Crippen LogP contribution < -0.4 is 82.3 Å². The Kier molecular flexibility index (Phi) is 40.2. The summed E-state index contributed by atoms with van der Waals surface area (Å²) in [6, 6.07) is -22.2. The standard InChI is InChI=1S/C68H121N17O23/c1-18-30(6)26-31(7)48(88)34(10)56(94)77-39(27-70)58(96)83-52(68(13,14)106)49(89)50(90)64(102)78-43(32(8)33(9)53(72)91)60(98)80-45-36(12)108-67(105)41(25-29(4)5)85(16)66(104)47(54(73)92)82-63(101)46(51(107-17)55(74)93)81-59(97)40(21-22-42(71)87)84(15)65(103)38(24-28(2)3)76-57(95)37(20-19-23-69)75-61(99)44(35(11)86)79-62(45)100/h28-41,43-52,86,88-90,106H,18-27,69-70H2,1-17H3,(H2,71,87)(H2,72,91)(H2,73,92)(H2,74,93)(H,75,99)(H,76,95)(H,77,94)(H,78,102)(H,79,100)(H,80,98)(H,81,97)(H,82,101)(H,83,96)/t30?,31?,32-,33+,34+,35+,36+,37+,38-,39+,40-,41-,43-,44+,45+,46?,47+,48+,49+,50?,51?,52-/m0/s1. The first kappa shape index (κ1) is 97.2. The fourth-order valence-corrected chi connectivity index (χ4v) is 11.9. The monoisotopic (exact) mass is 1540 g/mol. The summed E-state index contributed by atoms with van der Waals surface area (Å²) >= 11 is 0. The van der Waals surface area contributed by atoms with E-state index in [2.05, 4.69) is 42.5 Å². The van der Waals surface area contributed by atoms with Crippen molar-refractivity contribution in [2.24, 2.45) is 75.8 Å². The molecule has 5 unspecified atom stereocenters. The van der Waals surface area contributed by atoms with Crippen molar-refractivity contribution in [3.63, 3.8) is 0 Å². The number of esters is 1.